The van der Waals surface area contributed by atoms with Gasteiger partial charge in [0.1, 0.15) is 6.10 Å². The molecule has 0 amide bonds. The minimum Gasteiger partial charge on any atom is -0.462 e. The van der Waals surface area contributed by atoms with Gasteiger partial charge in [-0.15, -0.1) is 0 Å². The first-order valence-corrected chi connectivity index (χ1v) is 7.15. The average molecular weight is 239 g/mol. The molecular weight excluding hydrogens is 214 g/mol. The van der Waals surface area contributed by atoms with Gasteiger partial charge in [-0.25, -0.2) is 0 Å². The molecule has 0 heterocycles. The third-order valence-electron chi connectivity index (χ3n) is 4.40. The molecule has 3 heteroatoms. The Morgan fingerprint density at radius 2 is 2.06 bits per heavy atom. The van der Waals surface area contributed by atoms with E-state index in [1.807, 2.05) is 0 Å². The number of nitrogens with two attached hydrogens (primary N) is 1. The molecule has 0 aromatic carbocycles. The molecule has 0 spiro atoms. The van der Waals surface area contributed by atoms with Gasteiger partial charge in [0.2, 0.25) is 0 Å². The van der Waals surface area contributed by atoms with Gasteiger partial charge < -0.3 is 10.5 Å². The molecule has 4 atom stereocenters. The molecule has 2 rings (SSSR count). The summed E-state index contributed by atoms with van der Waals surface area (Å²) < 4.78 is 5.66. The van der Waals surface area contributed by atoms with Crippen molar-refractivity contribution in [3.05, 3.63) is 0 Å². The Morgan fingerprint density at radius 1 is 1.24 bits per heavy atom. The van der Waals surface area contributed by atoms with Crippen molar-refractivity contribution in [3.8, 4) is 0 Å². The maximum atomic E-state index is 12.0. The summed E-state index contributed by atoms with van der Waals surface area (Å²) in [6.45, 7) is 2.23. The molecule has 3 nitrogen and oxygen atoms in total. The van der Waals surface area contributed by atoms with E-state index in [1.165, 1.54) is 19.3 Å². The molecule has 17 heavy (non-hydrogen) atoms. The van der Waals surface area contributed by atoms with Crippen LogP contribution in [0.1, 0.15) is 58.3 Å². The molecule has 2 fully saturated rings. The Labute approximate surface area is 104 Å². The molecule has 0 saturated heterocycles. The van der Waals surface area contributed by atoms with Crippen LogP contribution >= 0.6 is 0 Å². The van der Waals surface area contributed by atoms with E-state index in [9.17, 15) is 4.79 Å². The van der Waals surface area contributed by atoms with Gasteiger partial charge in [-0.05, 0) is 44.4 Å². The normalized spacial score (nSPS) is 38.0. The highest BCUT2D eigenvalue weighted by Gasteiger charge is 2.31. The number of carbonyl (C=O) groups is 1. The van der Waals surface area contributed by atoms with Crippen molar-refractivity contribution in [2.24, 2.45) is 17.6 Å². The van der Waals surface area contributed by atoms with Gasteiger partial charge in [0.25, 0.3) is 0 Å². The van der Waals surface area contributed by atoms with E-state index < -0.39 is 0 Å². The van der Waals surface area contributed by atoms with Crippen LogP contribution in [0.3, 0.4) is 0 Å². The second-order valence-corrected chi connectivity index (χ2v) is 5.77. The van der Waals surface area contributed by atoms with Gasteiger partial charge in [-0.2, -0.15) is 0 Å². The van der Waals surface area contributed by atoms with Crippen LogP contribution in [0, 0.1) is 11.8 Å². The third kappa shape index (κ3) is 3.44. The van der Waals surface area contributed by atoms with Crippen LogP contribution in [0.15, 0.2) is 0 Å². The zero-order valence-electron chi connectivity index (χ0n) is 10.9. The Morgan fingerprint density at radius 3 is 2.71 bits per heavy atom. The number of hydrogen-bond donors (Lipinski definition) is 1. The first-order valence-electron chi connectivity index (χ1n) is 7.15. The molecule has 0 aromatic rings. The summed E-state index contributed by atoms with van der Waals surface area (Å²) in [5.41, 5.74) is 5.83. The van der Waals surface area contributed by atoms with Crippen LogP contribution in [0.5, 0.6) is 0 Å². The quantitative estimate of drug-likeness (QED) is 0.770. The Kier molecular flexibility index (Phi) is 4.43. The standard InChI is InChI=1S/C14H25NO2/c1-2-10-4-3-5-13(8-10)17-14(16)11-6-7-12(15)9-11/h10-13H,2-9,15H2,1H3. The second-order valence-electron chi connectivity index (χ2n) is 5.77. The molecule has 2 N–H and O–H groups in total. The van der Waals surface area contributed by atoms with Crippen molar-refractivity contribution < 1.29 is 9.53 Å². The molecule has 0 radical (unpaired) electrons. The first kappa shape index (κ1) is 12.9. The summed E-state index contributed by atoms with van der Waals surface area (Å²) in [7, 11) is 0. The minimum atomic E-state index is 0.0136. The number of rotatable bonds is 3. The SMILES string of the molecule is CCC1CCCC(OC(=O)C2CCC(N)C2)C1. The van der Waals surface area contributed by atoms with Crippen molar-refractivity contribution >= 4 is 5.97 Å². The predicted molar refractivity (Wildman–Crippen MR) is 67.4 cm³/mol. The van der Waals surface area contributed by atoms with Crippen LogP contribution in [0.4, 0.5) is 0 Å². The highest BCUT2D eigenvalue weighted by Crippen LogP contribution is 2.31. The topological polar surface area (TPSA) is 52.3 Å². The maximum absolute atomic E-state index is 12.0. The summed E-state index contributed by atoms with van der Waals surface area (Å²) in [5.74, 6) is 0.846. The van der Waals surface area contributed by atoms with Crippen LogP contribution in [0.25, 0.3) is 0 Å². The van der Waals surface area contributed by atoms with Gasteiger partial charge in [-0.3, -0.25) is 4.79 Å². The maximum Gasteiger partial charge on any atom is 0.309 e. The van der Waals surface area contributed by atoms with E-state index in [4.69, 9.17) is 10.5 Å². The van der Waals surface area contributed by atoms with Gasteiger partial charge in [0.15, 0.2) is 0 Å². The van der Waals surface area contributed by atoms with E-state index in [0.717, 1.165) is 38.0 Å². The highest BCUT2D eigenvalue weighted by molar-refractivity contribution is 5.73. The van der Waals surface area contributed by atoms with E-state index in [0.29, 0.717) is 0 Å². The fourth-order valence-corrected chi connectivity index (χ4v) is 3.21. The number of hydrogen-bond acceptors (Lipinski definition) is 3. The summed E-state index contributed by atoms with van der Waals surface area (Å²) in [4.78, 5) is 12.0. The van der Waals surface area contributed by atoms with E-state index in [-0.39, 0.29) is 24.0 Å². The Hall–Kier alpha value is -0.570. The number of carbonyl (C=O) groups excluding carboxylic acids is 1. The molecular formula is C14H25NO2. The van der Waals surface area contributed by atoms with Crippen LogP contribution in [-0.2, 0) is 9.53 Å². The van der Waals surface area contributed by atoms with Crippen LogP contribution in [-0.4, -0.2) is 18.1 Å². The van der Waals surface area contributed by atoms with Crippen molar-refractivity contribution in [2.45, 2.75) is 70.4 Å². The minimum absolute atomic E-state index is 0.0136. The average Bonchev–Trinajstić information content (AvgIpc) is 2.76. The zero-order valence-corrected chi connectivity index (χ0v) is 10.9. The lowest BCUT2D eigenvalue weighted by Crippen LogP contribution is -2.28. The van der Waals surface area contributed by atoms with E-state index >= 15 is 0 Å². The van der Waals surface area contributed by atoms with Gasteiger partial charge in [0, 0.05) is 6.04 Å². The van der Waals surface area contributed by atoms with Crippen molar-refractivity contribution in [2.75, 3.05) is 0 Å². The third-order valence-corrected chi connectivity index (χ3v) is 4.40. The Bertz CT molecular complexity index is 267. The van der Waals surface area contributed by atoms with Crippen molar-refractivity contribution in [1.82, 2.24) is 0 Å². The largest absolute Gasteiger partial charge is 0.462 e. The van der Waals surface area contributed by atoms with Crippen LogP contribution < -0.4 is 5.73 Å². The predicted octanol–water partition coefficient (Wildman–Crippen LogP) is 2.63. The molecule has 0 aromatic heterocycles. The molecule has 2 aliphatic rings. The summed E-state index contributed by atoms with van der Waals surface area (Å²) in [6.07, 6.45) is 8.75. The van der Waals surface area contributed by atoms with Crippen molar-refractivity contribution in [1.29, 1.82) is 0 Å². The molecule has 0 bridgehead atoms. The fraction of sp³-hybridized carbons (Fsp3) is 0.929. The van der Waals surface area contributed by atoms with Gasteiger partial charge in [0.05, 0.1) is 5.92 Å². The monoisotopic (exact) mass is 239 g/mol. The van der Waals surface area contributed by atoms with Crippen molar-refractivity contribution in [3.63, 3.8) is 0 Å². The highest BCUT2D eigenvalue weighted by atomic mass is 16.5. The summed E-state index contributed by atoms with van der Waals surface area (Å²) in [5, 5.41) is 0. The lowest BCUT2D eigenvalue weighted by molar-refractivity contribution is -0.156. The van der Waals surface area contributed by atoms with E-state index in [2.05, 4.69) is 6.92 Å². The van der Waals surface area contributed by atoms with Gasteiger partial charge >= 0.3 is 5.97 Å². The molecule has 2 saturated carbocycles. The lowest BCUT2D eigenvalue weighted by atomic mass is 9.85. The first-order chi connectivity index (χ1) is 8.19. The summed E-state index contributed by atoms with van der Waals surface area (Å²) >= 11 is 0. The second kappa shape index (κ2) is 5.85. The lowest BCUT2D eigenvalue weighted by Gasteiger charge is -2.29. The molecule has 98 valence electrons. The van der Waals surface area contributed by atoms with Crippen LogP contribution in [0.2, 0.25) is 0 Å². The Balaban J connectivity index is 1.78. The number of ether oxygens (including phenoxy) is 1. The van der Waals surface area contributed by atoms with Gasteiger partial charge in [-0.1, -0.05) is 19.8 Å². The zero-order chi connectivity index (χ0) is 12.3. The number of esters is 1. The molecule has 0 aliphatic heterocycles. The van der Waals surface area contributed by atoms with E-state index in [1.54, 1.807) is 0 Å². The fourth-order valence-electron chi connectivity index (χ4n) is 3.21. The summed E-state index contributed by atoms with van der Waals surface area (Å²) in [6, 6.07) is 0.210. The molecule has 2 aliphatic carbocycles. The molecule has 4 unspecified atom stereocenters. The smallest absolute Gasteiger partial charge is 0.309 e.